The van der Waals surface area contributed by atoms with E-state index in [-0.39, 0.29) is 132 Å². The molecule has 0 aliphatic carbocycles. The molecule has 2 saturated heterocycles. The summed E-state index contributed by atoms with van der Waals surface area (Å²) < 4.78 is 0. The van der Waals surface area contributed by atoms with Gasteiger partial charge in [-0.05, 0) is 156 Å². The first-order valence-electron chi connectivity index (χ1n) is 47.1. The van der Waals surface area contributed by atoms with Crippen LogP contribution in [0.2, 0.25) is 0 Å². The molecule has 145 heavy (non-hydrogen) atoms. The van der Waals surface area contributed by atoms with Gasteiger partial charge in [0, 0.05) is 74.0 Å². The fourth-order valence-corrected chi connectivity index (χ4v) is 18.4. The van der Waals surface area contributed by atoms with Crippen molar-refractivity contribution in [1.29, 1.82) is 0 Å². The van der Waals surface area contributed by atoms with Gasteiger partial charge in [0.25, 0.3) is 0 Å². The van der Waals surface area contributed by atoms with Crippen molar-refractivity contribution in [3.63, 3.8) is 0 Å². The summed E-state index contributed by atoms with van der Waals surface area (Å²) in [5.41, 5.74) is 41.0. The van der Waals surface area contributed by atoms with Crippen LogP contribution in [0.1, 0.15) is 150 Å². The maximum atomic E-state index is 15.7. The van der Waals surface area contributed by atoms with Crippen LogP contribution in [0.5, 0.6) is 5.75 Å². The number of aliphatic imine (C=N–C) groups is 3. The molecule has 55 heteroatoms. The standard InChI is InChI=1S/C90H141N27O24S4/c1-43(2)67-83(136)110-60(37-48-23-25-50(119)26-24-48)78(131)108-59(21-15-33-100-90(96)97)86(139)117-34-16-22-64(117)82(135)111-62(81(134)109-61(38-49-40-101-53-18-12-11-17-51(49)53)79(132)106-56(27-28-65(120)121)76(129)115-69(45(5)6)87(140)141)41-144-145-42-63(80(133)105-55(75(128)113-67)20-14-32-99-89(94)95)112-84(137)68(44(3)4)114-77(130)58(30-36-143-10)103-71(124)46(7)102-73(126)54(19-13-31-98-88(92)93)104-74(127)57(29-35-142-9)107-85(138)70(47(8)118)116-72(125)52(91)39-66(122)123/h11-12,17-18,23-26,40,43-47,52,54-64,67-70,101,118-119H,13-16,19-22,27-39,41-42,91H2,1-10H3,(H,102,126)(H,103,124)(H,104,127)(H,105,133)(H,106,132)(H,107,138)(H,108,131)(H,109,134)(H,110,136)(H,111,135)(H,112,137)(H,113,128)(H,114,130)(H,115,129)(H,116,125)(H,120,121)(H,122,123)(H,140,141)(H4,92,93,98)(H4,94,95,99)(H4,96,97,100)/t46-,47+,52-,54-,55-,56+,57-,58-,59+,60-,61+,62-,63-,64-,67+,68-,69+,70-/m0/s1. The van der Waals surface area contributed by atoms with Crippen molar-refractivity contribution in [3.05, 3.63) is 65.9 Å². The van der Waals surface area contributed by atoms with Crippen LogP contribution in [0, 0.1) is 17.8 Å². The van der Waals surface area contributed by atoms with E-state index in [0.29, 0.717) is 22.0 Å². The van der Waals surface area contributed by atoms with Crippen molar-refractivity contribution in [1.82, 2.24) is 89.6 Å². The first-order valence-corrected chi connectivity index (χ1v) is 52.4. The SMILES string of the molecule is CSCC[C@H](NC(=O)[C@H](C)NC(=O)[C@H](CCCN=C(N)N)NC(=O)[C@H](CCSC)NC(=O)[C@@H](NC(=O)[C@@H](N)CC(=O)O)[C@@H](C)O)C(=O)N[C@H](C(=O)N[C@H]1CSSC[C@@H](C(=O)N[C@H](Cc2c[nH]c3ccccc23)C(=O)N[C@H](CCC(=O)O)C(=O)N[C@@H](C(=O)O)C(C)C)NC(=O)[C@@H]2CCCN2C(=O)[C@@H](CCCN=C(N)N)NC(=O)[C@H](Cc2ccc(O)cc2)NC(=O)[C@@H](C(C)C)NC(=O)[C@H](CCCN=C(N)N)NC1=O)C(C)C. The number of rotatable bonds is 52. The molecule has 35 N–H and O–H groups in total. The van der Waals surface area contributed by atoms with E-state index in [4.69, 9.17) is 40.1 Å². The monoisotopic (exact) mass is 2110 g/mol. The molecule has 2 aliphatic rings. The lowest BCUT2D eigenvalue weighted by atomic mass is 9.99. The van der Waals surface area contributed by atoms with Crippen molar-refractivity contribution in [2.45, 2.75) is 261 Å². The minimum absolute atomic E-state index is 0.0272. The van der Waals surface area contributed by atoms with E-state index in [1.54, 1.807) is 50.6 Å². The zero-order valence-corrected chi connectivity index (χ0v) is 85.8. The highest BCUT2D eigenvalue weighted by molar-refractivity contribution is 8.76. The van der Waals surface area contributed by atoms with Gasteiger partial charge < -0.3 is 155 Å². The predicted molar refractivity (Wildman–Crippen MR) is 545 cm³/mol. The number of aliphatic hydroxyl groups is 1. The van der Waals surface area contributed by atoms with Gasteiger partial charge in [-0.1, -0.05) is 93.5 Å². The van der Waals surface area contributed by atoms with Crippen LogP contribution in [0.25, 0.3) is 10.9 Å². The number of nitrogens with two attached hydrogens (primary N) is 7. The summed E-state index contributed by atoms with van der Waals surface area (Å²) in [6, 6.07) is -15.1. The first-order chi connectivity index (χ1) is 68.4. The number of carbonyl (C=O) groups excluding carboxylic acids is 16. The van der Waals surface area contributed by atoms with Crippen molar-refractivity contribution < 1.29 is 117 Å². The molecule has 0 saturated carbocycles. The number of phenolic OH excluding ortho intramolecular Hbond substituents is 1. The Balaban J connectivity index is 1.66. The second-order valence-corrected chi connectivity index (χ2v) is 40.4. The number of guanidine groups is 3. The molecule has 1 aromatic heterocycles. The van der Waals surface area contributed by atoms with Crippen molar-refractivity contribution in [2.75, 3.05) is 61.7 Å². The lowest BCUT2D eigenvalue weighted by Gasteiger charge is -2.31. The zero-order valence-electron chi connectivity index (χ0n) is 82.5. The largest absolute Gasteiger partial charge is 0.508 e. The molecule has 0 bridgehead atoms. The Morgan fingerprint density at radius 3 is 1.57 bits per heavy atom. The number of phenols is 1. The smallest absolute Gasteiger partial charge is 0.326 e. The molecule has 0 spiro atoms. The number of nitrogens with zero attached hydrogens (tertiary/aromatic N) is 4. The number of carbonyl (C=O) groups is 19. The van der Waals surface area contributed by atoms with E-state index in [0.717, 1.165) is 28.5 Å². The Kier molecular flexibility index (Phi) is 52.2. The summed E-state index contributed by atoms with van der Waals surface area (Å²) in [5, 5.41) is 89.6. The van der Waals surface area contributed by atoms with Crippen LogP contribution in [0.4, 0.5) is 0 Å². The number of amides is 16. The summed E-state index contributed by atoms with van der Waals surface area (Å²) in [4.78, 5) is 289. The van der Waals surface area contributed by atoms with E-state index in [9.17, 15) is 73.5 Å². The molecule has 18 atom stereocenters. The number of benzene rings is 2. The number of aromatic hydroxyl groups is 1. The highest BCUT2D eigenvalue weighted by atomic mass is 33.1. The zero-order chi connectivity index (χ0) is 108. The van der Waals surface area contributed by atoms with E-state index in [1.165, 1.54) is 93.5 Å². The number of aromatic nitrogens is 1. The molecule has 16 amide bonds. The maximum Gasteiger partial charge on any atom is 0.326 e. The van der Waals surface area contributed by atoms with Gasteiger partial charge in [0.15, 0.2) is 17.9 Å². The van der Waals surface area contributed by atoms with Crippen molar-refractivity contribution in [3.8, 4) is 5.75 Å². The third-order valence-electron chi connectivity index (χ3n) is 23.2. The Labute approximate surface area is 854 Å². The van der Waals surface area contributed by atoms with Gasteiger partial charge >= 0.3 is 17.9 Å². The van der Waals surface area contributed by atoms with Gasteiger partial charge in [-0.3, -0.25) is 101 Å². The third kappa shape index (κ3) is 41.8. The number of aliphatic carboxylic acids is 3. The van der Waals surface area contributed by atoms with Crippen LogP contribution >= 0.6 is 45.1 Å². The number of aliphatic hydroxyl groups excluding tert-OH is 1. The lowest BCUT2D eigenvalue weighted by Crippen LogP contribution is -2.62. The van der Waals surface area contributed by atoms with Crippen molar-refractivity contribution >= 4 is 186 Å². The van der Waals surface area contributed by atoms with Gasteiger partial charge in [0.1, 0.15) is 102 Å². The average Bonchev–Trinajstić information content (AvgIpc) is 1.71. The van der Waals surface area contributed by atoms with E-state index < -0.39 is 276 Å². The number of nitrogens with one attached hydrogen (secondary N) is 16. The highest BCUT2D eigenvalue weighted by Crippen LogP contribution is 2.28. The van der Waals surface area contributed by atoms with Gasteiger partial charge in [0.2, 0.25) is 94.5 Å². The number of H-pyrrole nitrogens is 1. The van der Waals surface area contributed by atoms with Gasteiger partial charge in [-0.15, -0.1) is 0 Å². The van der Waals surface area contributed by atoms with E-state index in [1.807, 2.05) is 0 Å². The molecule has 3 aromatic rings. The summed E-state index contributed by atoms with van der Waals surface area (Å²) in [6.07, 6.45) is -0.404. The van der Waals surface area contributed by atoms with Gasteiger partial charge in [-0.2, -0.15) is 23.5 Å². The average molecular weight is 2110 g/mol. The second kappa shape index (κ2) is 61.9. The number of hydrogen-bond acceptors (Lipinski definition) is 29. The number of para-hydroxylation sites is 1. The summed E-state index contributed by atoms with van der Waals surface area (Å²) in [7, 11) is 1.58. The Morgan fingerprint density at radius 2 is 1.01 bits per heavy atom. The van der Waals surface area contributed by atoms with Crippen LogP contribution in [-0.4, -0.2) is 336 Å². The van der Waals surface area contributed by atoms with Crippen molar-refractivity contribution in [2.24, 2.45) is 72.9 Å². The summed E-state index contributed by atoms with van der Waals surface area (Å²) in [5.74, 6) is -24.9. The number of aromatic amines is 1. The molecule has 804 valence electrons. The summed E-state index contributed by atoms with van der Waals surface area (Å²) >= 11 is 2.51. The number of carboxylic acids is 3. The van der Waals surface area contributed by atoms with Gasteiger partial charge in [-0.25, -0.2) is 4.79 Å². The molecule has 3 heterocycles. The quantitative estimate of drug-likeness (QED) is 0.0108. The Morgan fingerprint density at radius 1 is 0.510 bits per heavy atom. The van der Waals surface area contributed by atoms with Crippen LogP contribution < -0.4 is 120 Å². The molecule has 0 unspecified atom stereocenters. The minimum Gasteiger partial charge on any atom is -0.508 e. The van der Waals surface area contributed by atoms with E-state index in [2.05, 4.69) is 99.7 Å². The molecule has 2 aromatic carbocycles. The molecule has 51 nitrogen and oxygen atoms in total. The lowest BCUT2D eigenvalue weighted by molar-refractivity contribution is -0.144. The Hall–Kier alpha value is -13.2. The first kappa shape index (κ1) is 122. The van der Waals surface area contributed by atoms with Crippen LogP contribution in [0.3, 0.4) is 0 Å². The summed E-state index contributed by atoms with van der Waals surface area (Å²) in [6.45, 7) is 11.1. The number of thioether (sulfide) groups is 2. The molecule has 2 aliphatic heterocycles. The topological polar surface area (TPSA) is 844 Å². The fraction of sp³-hybridized carbons (Fsp3) is 0.600. The fourth-order valence-electron chi connectivity index (χ4n) is 15.1. The molecule has 5 rings (SSSR count). The van der Waals surface area contributed by atoms with Crippen LogP contribution in [-0.2, 0) is 104 Å². The maximum absolute atomic E-state index is 15.7. The molecular weight excluding hydrogens is 1970 g/mol. The predicted octanol–water partition coefficient (Wildman–Crippen LogP) is -5.90. The second-order valence-electron chi connectivity index (χ2n) is 35.8. The molecule has 0 radical (unpaired) electrons. The van der Waals surface area contributed by atoms with Gasteiger partial charge in [0.05, 0.1) is 18.6 Å². The minimum atomic E-state index is -1.81. The van der Waals surface area contributed by atoms with E-state index >= 15 is 43.2 Å². The van der Waals surface area contributed by atoms with Crippen LogP contribution in [0.15, 0.2) is 69.7 Å². The Bertz CT molecular complexity index is 5040. The number of fused-ring (bicyclic) bond motifs is 2. The molecule has 2 fully saturated rings. The number of hydrogen-bond donors (Lipinski definition) is 28. The normalized spacial score (nSPS) is 19.5. The highest BCUT2D eigenvalue weighted by Gasteiger charge is 2.44. The number of carboxylic acid groups (broad SMARTS) is 3. The third-order valence-corrected chi connectivity index (χ3v) is 26.9. The molecular formula is C90H141N27O24S4.